The lowest BCUT2D eigenvalue weighted by molar-refractivity contribution is 0.625. The van der Waals surface area contributed by atoms with E-state index in [-0.39, 0.29) is 0 Å². The molecule has 0 aliphatic carbocycles. The van der Waals surface area contributed by atoms with E-state index in [1.54, 1.807) is 0 Å². The summed E-state index contributed by atoms with van der Waals surface area (Å²) < 4.78 is 0.637. The predicted octanol–water partition coefficient (Wildman–Crippen LogP) is 12.5. The topological polar surface area (TPSA) is 9.72 Å². The lowest BCUT2D eigenvalue weighted by Gasteiger charge is -2.35. The van der Waals surface area contributed by atoms with Gasteiger partial charge < -0.3 is 14.7 Å². The van der Waals surface area contributed by atoms with Gasteiger partial charge in [-0.25, -0.2) is 4.48 Å². The van der Waals surface area contributed by atoms with Crippen LogP contribution in [0.15, 0.2) is 72.8 Å². The van der Waals surface area contributed by atoms with Crippen LogP contribution in [0.4, 0.5) is 34.1 Å². The Labute approximate surface area is 290 Å². The van der Waals surface area contributed by atoms with Crippen LogP contribution in [-0.2, 0) is 0 Å². The van der Waals surface area contributed by atoms with Crippen molar-refractivity contribution < 1.29 is 0 Å². The van der Waals surface area contributed by atoms with Gasteiger partial charge in [0, 0.05) is 92.7 Å². The van der Waals surface area contributed by atoms with Gasteiger partial charge in [-0.1, -0.05) is 80.1 Å². The lowest BCUT2D eigenvalue weighted by atomic mass is 10.1. The van der Waals surface area contributed by atoms with E-state index >= 15 is 0 Å². The zero-order valence-electron chi connectivity index (χ0n) is 31.4. The first-order valence-corrected chi connectivity index (χ1v) is 19.4. The smallest absolute Gasteiger partial charge is 0.142 e. The molecule has 0 saturated heterocycles. The van der Waals surface area contributed by atoms with Crippen molar-refractivity contribution in [3.63, 3.8) is 0 Å². The molecule has 260 valence electrons. The third-order valence-electron chi connectivity index (χ3n) is 9.88. The Morgan fingerprint density at radius 1 is 0.340 bits per heavy atom. The van der Waals surface area contributed by atoms with Crippen LogP contribution in [0.2, 0.25) is 0 Å². The first-order chi connectivity index (χ1) is 23.0. The van der Waals surface area contributed by atoms with Gasteiger partial charge in [0.2, 0.25) is 0 Å². The SMILES string of the molecule is CCCCN(CCCC)c1ccc([N+](C)(c2ccc(N(CCCC)CCCC)cc2)c2ccc(N(CCCC)CCCC)cc2)cc1. The first-order valence-electron chi connectivity index (χ1n) is 19.4. The van der Waals surface area contributed by atoms with Crippen molar-refractivity contribution in [3.8, 4) is 0 Å². The largest absolute Gasteiger partial charge is 0.372 e. The summed E-state index contributed by atoms with van der Waals surface area (Å²) in [6.07, 6.45) is 14.8. The molecule has 3 aromatic rings. The molecule has 0 spiro atoms. The normalized spacial score (nSPS) is 11.6. The fraction of sp³-hybridized carbons (Fsp3) is 0.581. The van der Waals surface area contributed by atoms with Crippen LogP contribution in [0, 0.1) is 0 Å². The third-order valence-corrected chi connectivity index (χ3v) is 9.88. The molecule has 0 atom stereocenters. The molecular formula is C43H69N4+. The Balaban J connectivity index is 2.05. The van der Waals surface area contributed by atoms with Gasteiger partial charge in [-0.15, -0.1) is 0 Å². The lowest BCUT2D eigenvalue weighted by Crippen LogP contribution is -2.34. The van der Waals surface area contributed by atoms with E-state index in [4.69, 9.17) is 0 Å². The molecule has 0 N–H and O–H groups in total. The number of benzene rings is 3. The van der Waals surface area contributed by atoms with E-state index < -0.39 is 0 Å². The molecule has 4 heteroatoms. The molecule has 4 nitrogen and oxygen atoms in total. The van der Waals surface area contributed by atoms with E-state index in [1.807, 2.05) is 0 Å². The number of anilines is 3. The zero-order valence-corrected chi connectivity index (χ0v) is 31.4. The molecule has 0 aliphatic heterocycles. The molecule has 3 aromatic carbocycles. The molecule has 0 unspecified atom stereocenters. The van der Waals surface area contributed by atoms with E-state index in [1.165, 1.54) is 111 Å². The van der Waals surface area contributed by atoms with Gasteiger partial charge in [-0.3, -0.25) is 0 Å². The van der Waals surface area contributed by atoms with Crippen molar-refractivity contribution >= 4 is 34.1 Å². The summed E-state index contributed by atoms with van der Waals surface area (Å²) in [5.41, 5.74) is 7.92. The summed E-state index contributed by atoms with van der Waals surface area (Å²) in [5.74, 6) is 0. The molecule has 3 rings (SSSR count). The Morgan fingerprint density at radius 2 is 0.532 bits per heavy atom. The Bertz CT molecular complexity index is 1040. The van der Waals surface area contributed by atoms with Crippen LogP contribution in [-0.4, -0.2) is 46.3 Å². The first kappa shape index (κ1) is 38.5. The quantitative estimate of drug-likeness (QED) is 0.0901. The number of nitrogens with zero attached hydrogens (tertiary/aromatic N) is 4. The van der Waals surface area contributed by atoms with E-state index in [0.717, 1.165) is 39.3 Å². The molecule has 47 heavy (non-hydrogen) atoms. The van der Waals surface area contributed by atoms with Gasteiger partial charge in [-0.2, -0.15) is 0 Å². The maximum Gasteiger partial charge on any atom is 0.142 e. The zero-order chi connectivity index (χ0) is 33.9. The highest BCUT2D eigenvalue weighted by molar-refractivity contribution is 5.74. The summed E-state index contributed by atoms with van der Waals surface area (Å²) in [5, 5.41) is 0. The monoisotopic (exact) mass is 642 g/mol. The summed E-state index contributed by atoms with van der Waals surface area (Å²) in [6, 6.07) is 28.5. The minimum absolute atomic E-state index is 0.637. The molecular weight excluding hydrogens is 573 g/mol. The van der Waals surface area contributed by atoms with Crippen molar-refractivity contribution in [2.75, 3.05) is 61.0 Å². The fourth-order valence-corrected chi connectivity index (χ4v) is 6.54. The van der Waals surface area contributed by atoms with Gasteiger partial charge in [0.05, 0.1) is 7.05 Å². The van der Waals surface area contributed by atoms with Crippen LogP contribution in [0.3, 0.4) is 0 Å². The summed E-state index contributed by atoms with van der Waals surface area (Å²) in [7, 11) is 2.38. The number of hydrogen-bond acceptors (Lipinski definition) is 3. The van der Waals surface area contributed by atoms with Crippen molar-refractivity contribution in [2.45, 2.75) is 119 Å². The molecule has 0 radical (unpaired) electrons. The second-order valence-electron chi connectivity index (χ2n) is 13.6. The van der Waals surface area contributed by atoms with Crippen LogP contribution >= 0.6 is 0 Å². The molecule has 0 aromatic heterocycles. The highest BCUT2D eigenvalue weighted by Gasteiger charge is 2.32. The van der Waals surface area contributed by atoms with Gasteiger partial charge in [0.25, 0.3) is 0 Å². The van der Waals surface area contributed by atoms with Crippen LogP contribution in [0.5, 0.6) is 0 Å². The predicted molar refractivity (Wildman–Crippen MR) is 212 cm³/mol. The Morgan fingerprint density at radius 3 is 0.702 bits per heavy atom. The molecule has 0 fully saturated rings. The molecule has 0 heterocycles. The van der Waals surface area contributed by atoms with Crippen molar-refractivity contribution in [2.24, 2.45) is 0 Å². The van der Waals surface area contributed by atoms with Crippen LogP contribution in [0.25, 0.3) is 0 Å². The van der Waals surface area contributed by atoms with E-state index in [9.17, 15) is 0 Å². The molecule has 0 bridgehead atoms. The minimum Gasteiger partial charge on any atom is -0.372 e. The summed E-state index contributed by atoms with van der Waals surface area (Å²) in [4.78, 5) is 7.77. The van der Waals surface area contributed by atoms with Crippen molar-refractivity contribution in [1.29, 1.82) is 0 Å². The molecule has 0 amide bonds. The number of rotatable bonds is 24. The van der Waals surface area contributed by atoms with E-state index in [0.29, 0.717) is 4.48 Å². The third kappa shape index (κ3) is 11.0. The molecule has 0 saturated carbocycles. The Hall–Kier alpha value is -2.98. The van der Waals surface area contributed by atoms with Crippen molar-refractivity contribution in [1.82, 2.24) is 4.48 Å². The number of hydrogen-bond donors (Lipinski definition) is 0. The van der Waals surface area contributed by atoms with Crippen LogP contribution in [0.1, 0.15) is 119 Å². The summed E-state index contributed by atoms with van der Waals surface area (Å²) >= 11 is 0. The average Bonchev–Trinajstić information content (AvgIpc) is 3.12. The fourth-order valence-electron chi connectivity index (χ4n) is 6.54. The second kappa shape index (κ2) is 21.1. The standard InChI is InChI=1S/C43H69N4/c1-8-14-32-44(33-15-9-2)38-20-26-41(27-21-38)47(7,42-28-22-39(23-29-42)45(34-16-10-3)35-17-11-4)43-30-24-40(25-31-43)46(36-18-12-5)37-19-13-6/h20-31H,8-19,32-37H2,1-7H3/q+1. The number of quaternary nitrogens is 1. The van der Waals surface area contributed by atoms with Crippen LogP contribution < -0.4 is 19.2 Å². The van der Waals surface area contributed by atoms with E-state index in [2.05, 4.69) is 136 Å². The Kier molecular flexibility index (Phi) is 17.3. The minimum atomic E-state index is 0.637. The average molecular weight is 642 g/mol. The van der Waals surface area contributed by atoms with Gasteiger partial charge >= 0.3 is 0 Å². The highest BCUT2D eigenvalue weighted by Crippen LogP contribution is 2.43. The van der Waals surface area contributed by atoms with Crippen molar-refractivity contribution in [3.05, 3.63) is 72.8 Å². The molecule has 0 aliphatic rings. The maximum atomic E-state index is 2.59. The maximum absolute atomic E-state index is 2.59. The highest BCUT2D eigenvalue weighted by atomic mass is 15.3. The van der Waals surface area contributed by atoms with Gasteiger partial charge in [-0.05, 0) is 74.9 Å². The summed E-state index contributed by atoms with van der Waals surface area (Å²) in [6.45, 7) is 20.5. The van der Waals surface area contributed by atoms with Gasteiger partial charge in [0.15, 0.2) is 0 Å². The number of unbranched alkanes of at least 4 members (excludes halogenated alkanes) is 6. The second-order valence-corrected chi connectivity index (χ2v) is 13.6. The van der Waals surface area contributed by atoms with Gasteiger partial charge in [0.1, 0.15) is 17.1 Å².